The zero-order valence-electron chi connectivity index (χ0n) is 17.1. The molecule has 1 saturated heterocycles. The Morgan fingerprint density at radius 1 is 1.17 bits per heavy atom. The van der Waals surface area contributed by atoms with Crippen molar-refractivity contribution in [2.75, 3.05) is 16.8 Å². The Bertz CT molecular complexity index is 1030. The average Bonchev–Trinajstić information content (AvgIpc) is 3.36. The number of hydrogen-bond donors (Lipinski definition) is 2. The highest BCUT2D eigenvalue weighted by atomic mass is 35.5. The smallest absolute Gasteiger partial charge is 0.323 e. The van der Waals surface area contributed by atoms with Crippen LogP contribution < -0.4 is 15.5 Å². The number of imidazole rings is 1. The third-order valence-corrected chi connectivity index (χ3v) is 5.44. The molecule has 30 heavy (non-hydrogen) atoms. The Kier molecular flexibility index (Phi) is 5.59. The first-order valence-corrected chi connectivity index (χ1v) is 10.3. The Hall–Kier alpha value is -3.13. The van der Waals surface area contributed by atoms with Crippen LogP contribution in [0.25, 0.3) is 5.69 Å². The third-order valence-electron chi connectivity index (χ3n) is 5.19. The van der Waals surface area contributed by atoms with Crippen molar-refractivity contribution in [1.82, 2.24) is 24.8 Å². The molecule has 3 aromatic rings. The lowest BCUT2D eigenvalue weighted by molar-refractivity contribution is 0.251. The normalized spacial score (nSPS) is 17.3. The molecular formula is C21H24ClN7O. The Labute approximate surface area is 180 Å². The summed E-state index contributed by atoms with van der Waals surface area (Å²) >= 11 is 5.96. The average molecular weight is 426 g/mol. The number of benzene rings is 1. The van der Waals surface area contributed by atoms with Gasteiger partial charge in [-0.25, -0.2) is 14.8 Å². The molecule has 0 bridgehead atoms. The summed E-state index contributed by atoms with van der Waals surface area (Å²) in [6.45, 7) is 6.79. The molecule has 2 N–H and O–H groups in total. The molecular weight excluding hydrogens is 402 g/mol. The largest absolute Gasteiger partial charge is 0.346 e. The molecule has 0 saturated carbocycles. The number of aromatic nitrogens is 4. The molecule has 3 heterocycles. The molecule has 156 valence electrons. The standard InChI is InChI=1S/C21H24ClN7O/c1-13(2)18-10-24-21(30)29(18)19-8-9-23-20(27-19)26-14(3)17-11-28(12-25-17)16-6-4-15(22)5-7-16/h4-9,11-14,18H,10H2,1-3H3,(H,24,30)(H,23,26,27)/t14-,18-/m0/s1. The lowest BCUT2D eigenvalue weighted by Crippen LogP contribution is -2.38. The van der Waals surface area contributed by atoms with E-state index in [0.717, 1.165) is 11.4 Å². The van der Waals surface area contributed by atoms with Crippen LogP contribution in [0, 0.1) is 5.92 Å². The van der Waals surface area contributed by atoms with Crippen LogP contribution in [-0.2, 0) is 0 Å². The first-order chi connectivity index (χ1) is 14.4. The van der Waals surface area contributed by atoms with Gasteiger partial charge in [-0.05, 0) is 43.2 Å². The van der Waals surface area contributed by atoms with Crippen molar-refractivity contribution in [2.24, 2.45) is 5.92 Å². The van der Waals surface area contributed by atoms with Gasteiger partial charge in [-0.1, -0.05) is 25.4 Å². The fourth-order valence-corrected chi connectivity index (χ4v) is 3.59. The maximum atomic E-state index is 12.3. The predicted molar refractivity (Wildman–Crippen MR) is 117 cm³/mol. The number of anilines is 2. The summed E-state index contributed by atoms with van der Waals surface area (Å²) in [6, 6.07) is 9.12. The number of nitrogens with one attached hydrogen (secondary N) is 2. The van der Waals surface area contributed by atoms with E-state index < -0.39 is 0 Å². The fraction of sp³-hybridized carbons (Fsp3) is 0.333. The van der Waals surface area contributed by atoms with Crippen molar-refractivity contribution in [2.45, 2.75) is 32.9 Å². The molecule has 1 fully saturated rings. The zero-order chi connectivity index (χ0) is 21.3. The third kappa shape index (κ3) is 4.09. The van der Waals surface area contributed by atoms with E-state index >= 15 is 0 Å². The van der Waals surface area contributed by atoms with Crippen molar-refractivity contribution in [3.63, 3.8) is 0 Å². The molecule has 1 aliphatic rings. The van der Waals surface area contributed by atoms with Crippen molar-refractivity contribution < 1.29 is 4.79 Å². The van der Waals surface area contributed by atoms with Crippen molar-refractivity contribution in [1.29, 1.82) is 0 Å². The molecule has 0 spiro atoms. The Balaban J connectivity index is 1.50. The Morgan fingerprint density at radius 3 is 2.67 bits per heavy atom. The summed E-state index contributed by atoms with van der Waals surface area (Å²) in [4.78, 5) is 27.4. The second kappa shape index (κ2) is 8.31. The van der Waals surface area contributed by atoms with E-state index in [1.807, 2.05) is 42.0 Å². The zero-order valence-corrected chi connectivity index (χ0v) is 17.8. The first kappa shape index (κ1) is 20.2. The minimum atomic E-state index is -0.131. The highest BCUT2D eigenvalue weighted by Crippen LogP contribution is 2.24. The highest BCUT2D eigenvalue weighted by Gasteiger charge is 2.34. The summed E-state index contributed by atoms with van der Waals surface area (Å²) in [6.07, 6.45) is 5.37. The van der Waals surface area contributed by atoms with E-state index in [4.69, 9.17) is 11.6 Å². The van der Waals surface area contributed by atoms with Crippen LogP contribution in [0.15, 0.2) is 49.1 Å². The van der Waals surface area contributed by atoms with Gasteiger partial charge in [0.15, 0.2) is 0 Å². The topological polar surface area (TPSA) is 88.0 Å². The van der Waals surface area contributed by atoms with Gasteiger partial charge >= 0.3 is 6.03 Å². The maximum absolute atomic E-state index is 12.3. The van der Waals surface area contributed by atoms with E-state index in [0.29, 0.717) is 29.3 Å². The molecule has 2 atom stereocenters. The summed E-state index contributed by atoms with van der Waals surface area (Å²) in [5, 5.41) is 6.86. The van der Waals surface area contributed by atoms with Crippen molar-refractivity contribution >= 4 is 29.4 Å². The van der Waals surface area contributed by atoms with Crippen molar-refractivity contribution in [3.05, 3.63) is 59.8 Å². The van der Waals surface area contributed by atoms with E-state index in [-0.39, 0.29) is 18.1 Å². The van der Waals surface area contributed by atoms with Gasteiger partial charge in [-0.2, -0.15) is 4.98 Å². The number of rotatable bonds is 6. The van der Waals surface area contributed by atoms with Gasteiger partial charge in [0.05, 0.1) is 24.1 Å². The minimum absolute atomic E-state index is 0.0627. The molecule has 8 nitrogen and oxygen atoms in total. The van der Waals surface area contributed by atoms with E-state index in [2.05, 4.69) is 39.4 Å². The van der Waals surface area contributed by atoms with E-state index in [1.165, 1.54) is 0 Å². The molecule has 2 aromatic heterocycles. The second-order valence-electron chi connectivity index (χ2n) is 7.65. The number of carbonyl (C=O) groups is 1. The van der Waals surface area contributed by atoms with Crippen molar-refractivity contribution in [3.8, 4) is 5.69 Å². The molecule has 4 rings (SSSR count). The first-order valence-electron chi connectivity index (χ1n) is 9.89. The van der Waals surface area contributed by atoms with Crippen LogP contribution in [-0.4, -0.2) is 38.1 Å². The lowest BCUT2D eigenvalue weighted by Gasteiger charge is -2.25. The predicted octanol–water partition coefficient (Wildman–Crippen LogP) is 4.04. The highest BCUT2D eigenvalue weighted by molar-refractivity contribution is 6.30. The number of hydrogen-bond acceptors (Lipinski definition) is 5. The van der Waals surface area contributed by atoms with Gasteiger partial charge in [0.25, 0.3) is 0 Å². The van der Waals surface area contributed by atoms with E-state index in [9.17, 15) is 4.79 Å². The SMILES string of the molecule is CC(C)[C@@H]1CNC(=O)N1c1ccnc(N[C@@H](C)c2cn(-c3ccc(Cl)cc3)cn2)n1. The van der Waals surface area contributed by atoms with Gasteiger partial charge in [0, 0.05) is 29.6 Å². The summed E-state index contributed by atoms with van der Waals surface area (Å²) in [5.41, 5.74) is 1.82. The molecule has 2 amide bonds. The molecule has 0 radical (unpaired) electrons. The summed E-state index contributed by atoms with van der Waals surface area (Å²) in [7, 11) is 0. The van der Waals surface area contributed by atoms with Gasteiger partial charge in [-0.15, -0.1) is 0 Å². The van der Waals surface area contributed by atoms with Gasteiger partial charge in [0.2, 0.25) is 5.95 Å². The maximum Gasteiger partial charge on any atom is 0.323 e. The van der Waals surface area contributed by atoms with Gasteiger partial charge < -0.3 is 15.2 Å². The molecule has 1 aliphatic heterocycles. The number of urea groups is 1. The Morgan fingerprint density at radius 2 is 1.93 bits per heavy atom. The number of amides is 2. The molecule has 9 heteroatoms. The fourth-order valence-electron chi connectivity index (χ4n) is 3.46. The molecule has 0 aliphatic carbocycles. The lowest BCUT2D eigenvalue weighted by atomic mass is 10.0. The minimum Gasteiger partial charge on any atom is -0.346 e. The molecule has 0 unspecified atom stereocenters. The van der Waals surface area contributed by atoms with Crippen LogP contribution in [0.4, 0.5) is 16.6 Å². The van der Waals surface area contributed by atoms with Gasteiger partial charge in [-0.3, -0.25) is 4.90 Å². The van der Waals surface area contributed by atoms with E-state index in [1.54, 1.807) is 23.5 Å². The van der Waals surface area contributed by atoms with Crippen LogP contribution >= 0.6 is 11.6 Å². The summed E-state index contributed by atoms with van der Waals surface area (Å²) in [5.74, 6) is 1.34. The van der Waals surface area contributed by atoms with Crippen LogP contribution in [0.5, 0.6) is 0 Å². The number of nitrogens with zero attached hydrogens (tertiary/aromatic N) is 5. The number of carbonyl (C=O) groups excluding carboxylic acids is 1. The molecule has 1 aromatic carbocycles. The van der Waals surface area contributed by atoms with Crippen LogP contribution in [0.1, 0.15) is 32.5 Å². The number of halogens is 1. The van der Waals surface area contributed by atoms with Crippen LogP contribution in [0.3, 0.4) is 0 Å². The quantitative estimate of drug-likeness (QED) is 0.622. The van der Waals surface area contributed by atoms with Crippen LogP contribution in [0.2, 0.25) is 5.02 Å². The monoisotopic (exact) mass is 425 g/mol. The summed E-state index contributed by atoms with van der Waals surface area (Å²) < 4.78 is 1.93. The van der Waals surface area contributed by atoms with Gasteiger partial charge in [0.1, 0.15) is 5.82 Å². The second-order valence-corrected chi connectivity index (χ2v) is 8.09.